The SMILES string of the molecule is COCCn1cc(NC2CCCNCC2)cn1. The summed E-state index contributed by atoms with van der Waals surface area (Å²) in [5, 5.41) is 11.3. The molecule has 96 valence electrons. The number of nitrogens with one attached hydrogen (secondary N) is 2. The van der Waals surface area contributed by atoms with Crippen LogP contribution in [-0.4, -0.2) is 42.6 Å². The largest absolute Gasteiger partial charge is 0.383 e. The molecule has 0 saturated carbocycles. The number of ether oxygens (including phenoxy) is 1. The molecule has 1 atom stereocenters. The summed E-state index contributed by atoms with van der Waals surface area (Å²) in [7, 11) is 1.71. The van der Waals surface area contributed by atoms with E-state index in [1.165, 1.54) is 19.3 Å². The van der Waals surface area contributed by atoms with Gasteiger partial charge < -0.3 is 15.4 Å². The average molecular weight is 238 g/mol. The van der Waals surface area contributed by atoms with E-state index in [9.17, 15) is 0 Å². The highest BCUT2D eigenvalue weighted by Crippen LogP contribution is 2.13. The van der Waals surface area contributed by atoms with Crippen molar-refractivity contribution in [2.45, 2.75) is 31.8 Å². The number of anilines is 1. The van der Waals surface area contributed by atoms with Gasteiger partial charge >= 0.3 is 0 Å². The molecule has 0 amide bonds. The van der Waals surface area contributed by atoms with Crippen molar-refractivity contribution in [2.24, 2.45) is 0 Å². The number of aromatic nitrogens is 2. The van der Waals surface area contributed by atoms with Crippen molar-refractivity contribution < 1.29 is 4.74 Å². The highest BCUT2D eigenvalue weighted by molar-refractivity contribution is 5.39. The first kappa shape index (κ1) is 12.4. The quantitative estimate of drug-likeness (QED) is 0.806. The summed E-state index contributed by atoms with van der Waals surface area (Å²) in [4.78, 5) is 0. The summed E-state index contributed by atoms with van der Waals surface area (Å²) in [6.07, 6.45) is 7.61. The molecule has 5 heteroatoms. The Morgan fingerprint density at radius 2 is 2.47 bits per heavy atom. The van der Waals surface area contributed by atoms with Gasteiger partial charge in [0.05, 0.1) is 25.0 Å². The lowest BCUT2D eigenvalue weighted by Gasteiger charge is -2.15. The number of nitrogens with zero attached hydrogens (tertiary/aromatic N) is 2. The fourth-order valence-electron chi connectivity index (χ4n) is 2.14. The van der Waals surface area contributed by atoms with Crippen molar-refractivity contribution in [1.82, 2.24) is 15.1 Å². The molecule has 1 fully saturated rings. The molecule has 0 bridgehead atoms. The van der Waals surface area contributed by atoms with Gasteiger partial charge in [-0.2, -0.15) is 5.10 Å². The van der Waals surface area contributed by atoms with E-state index < -0.39 is 0 Å². The minimum atomic E-state index is 0.574. The zero-order valence-electron chi connectivity index (χ0n) is 10.5. The van der Waals surface area contributed by atoms with Crippen molar-refractivity contribution in [1.29, 1.82) is 0 Å². The molecule has 0 spiro atoms. The zero-order valence-corrected chi connectivity index (χ0v) is 10.5. The van der Waals surface area contributed by atoms with Gasteiger partial charge in [0.1, 0.15) is 0 Å². The van der Waals surface area contributed by atoms with Crippen LogP contribution >= 0.6 is 0 Å². The second-order valence-electron chi connectivity index (χ2n) is 4.51. The lowest BCUT2D eigenvalue weighted by atomic mass is 10.1. The fourth-order valence-corrected chi connectivity index (χ4v) is 2.14. The molecule has 0 aromatic carbocycles. The summed E-state index contributed by atoms with van der Waals surface area (Å²) in [6.45, 7) is 3.76. The first-order valence-corrected chi connectivity index (χ1v) is 6.37. The lowest BCUT2D eigenvalue weighted by Crippen LogP contribution is -2.21. The van der Waals surface area contributed by atoms with Gasteiger partial charge in [-0.05, 0) is 32.4 Å². The molecule has 1 unspecified atom stereocenters. The summed E-state index contributed by atoms with van der Waals surface area (Å²) in [6, 6.07) is 0.574. The van der Waals surface area contributed by atoms with Crippen LogP contribution in [-0.2, 0) is 11.3 Å². The van der Waals surface area contributed by atoms with Crippen LogP contribution in [0.15, 0.2) is 12.4 Å². The summed E-state index contributed by atoms with van der Waals surface area (Å²) < 4.78 is 6.95. The van der Waals surface area contributed by atoms with E-state index in [1.54, 1.807) is 7.11 Å². The minimum Gasteiger partial charge on any atom is -0.383 e. The lowest BCUT2D eigenvalue weighted by molar-refractivity contribution is 0.183. The van der Waals surface area contributed by atoms with Gasteiger partial charge in [0.15, 0.2) is 0 Å². The summed E-state index contributed by atoms with van der Waals surface area (Å²) >= 11 is 0. The van der Waals surface area contributed by atoms with Crippen molar-refractivity contribution in [3.05, 3.63) is 12.4 Å². The van der Waals surface area contributed by atoms with Crippen LogP contribution in [0.3, 0.4) is 0 Å². The van der Waals surface area contributed by atoms with Crippen molar-refractivity contribution in [3.8, 4) is 0 Å². The highest BCUT2D eigenvalue weighted by atomic mass is 16.5. The Bertz CT molecular complexity index is 318. The molecule has 1 aromatic heterocycles. The maximum Gasteiger partial charge on any atom is 0.0728 e. The standard InChI is InChI=1S/C12H22N4O/c1-17-8-7-16-10-12(9-14-16)15-11-3-2-5-13-6-4-11/h9-11,13,15H,2-8H2,1H3. The van der Waals surface area contributed by atoms with Gasteiger partial charge in [-0.1, -0.05) is 0 Å². The van der Waals surface area contributed by atoms with Crippen LogP contribution in [0.1, 0.15) is 19.3 Å². The number of rotatable bonds is 5. The Kier molecular flexibility index (Phi) is 4.82. The van der Waals surface area contributed by atoms with Gasteiger partial charge in [-0.15, -0.1) is 0 Å². The molecule has 5 nitrogen and oxygen atoms in total. The third kappa shape index (κ3) is 4.02. The van der Waals surface area contributed by atoms with Crippen LogP contribution in [0.25, 0.3) is 0 Å². The van der Waals surface area contributed by atoms with E-state index in [0.717, 1.165) is 25.3 Å². The van der Waals surface area contributed by atoms with Crippen molar-refractivity contribution >= 4 is 5.69 Å². The average Bonchev–Trinajstić information content (AvgIpc) is 2.61. The molecule has 0 radical (unpaired) electrons. The topological polar surface area (TPSA) is 51.1 Å². The Balaban J connectivity index is 1.82. The second-order valence-corrected chi connectivity index (χ2v) is 4.51. The van der Waals surface area contributed by atoms with E-state index in [1.807, 2.05) is 10.9 Å². The Labute approximate surface area is 103 Å². The number of methoxy groups -OCH3 is 1. The maximum atomic E-state index is 5.03. The van der Waals surface area contributed by atoms with Crippen molar-refractivity contribution in [3.63, 3.8) is 0 Å². The highest BCUT2D eigenvalue weighted by Gasteiger charge is 2.12. The normalized spacial score (nSPS) is 21.1. The Morgan fingerprint density at radius 3 is 3.35 bits per heavy atom. The molecule has 2 rings (SSSR count). The predicted octanol–water partition coefficient (Wildman–Crippen LogP) is 1.08. The Hall–Kier alpha value is -1.07. The van der Waals surface area contributed by atoms with Gasteiger partial charge in [0.2, 0.25) is 0 Å². The molecular weight excluding hydrogens is 216 g/mol. The third-order valence-electron chi connectivity index (χ3n) is 3.10. The molecule has 1 aliphatic heterocycles. The summed E-state index contributed by atoms with van der Waals surface area (Å²) in [5.41, 5.74) is 1.12. The zero-order chi connectivity index (χ0) is 11.9. The first-order valence-electron chi connectivity index (χ1n) is 6.37. The molecule has 1 aromatic rings. The van der Waals surface area contributed by atoms with Crippen molar-refractivity contribution in [2.75, 3.05) is 32.1 Å². The first-order chi connectivity index (χ1) is 8.38. The monoisotopic (exact) mass is 238 g/mol. The fraction of sp³-hybridized carbons (Fsp3) is 0.750. The molecule has 17 heavy (non-hydrogen) atoms. The number of hydrogen-bond acceptors (Lipinski definition) is 4. The summed E-state index contributed by atoms with van der Waals surface area (Å²) in [5.74, 6) is 0. The van der Waals surface area contributed by atoms with Crippen LogP contribution in [0.5, 0.6) is 0 Å². The van der Waals surface area contributed by atoms with Crippen LogP contribution < -0.4 is 10.6 Å². The van der Waals surface area contributed by atoms with E-state index in [4.69, 9.17) is 4.74 Å². The van der Waals surface area contributed by atoms with Gasteiger partial charge in [0, 0.05) is 19.3 Å². The third-order valence-corrected chi connectivity index (χ3v) is 3.10. The van der Waals surface area contributed by atoms with Gasteiger partial charge in [0.25, 0.3) is 0 Å². The second kappa shape index (κ2) is 6.61. The van der Waals surface area contributed by atoms with E-state index in [-0.39, 0.29) is 0 Å². The van der Waals surface area contributed by atoms with Crippen LogP contribution in [0.2, 0.25) is 0 Å². The predicted molar refractivity (Wildman–Crippen MR) is 68.2 cm³/mol. The molecule has 2 N–H and O–H groups in total. The molecule has 0 aliphatic carbocycles. The Morgan fingerprint density at radius 1 is 1.53 bits per heavy atom. The molecular formula is C12H22N4O. The van der Waals surface area contributed by atoms with Crippen LogP contribution in [0.4, 0.5) is 5.69 Å². The maximum absolute atomic E-state index is 5.03. The molecule has 1 aliphatic rings. The molecule has 1 saturated heterocycles. The van der Waals surface area contributed by atoms with E-state index >= 15 is 0 Å². The number of hydrogen-bond donors (Lipinski definition) is 2. The smallest absolute Gasteiger partial charge is 0.0728 e. The molecule has 2 heterocycles. The van der Waals surface area contributed by atoms with Gasteiger partial charge in [-0.25, -0.2) is 0 Å². The van der Waals surface area contributed by atoms with E-state index in [0.29, 0.717) is 12.6 Å². The van der Waals surface area contributed by atoms with E-state index in [2.05, 4.69) is 21.9 Å². The van der Waals surface area contributed by atoms with Gasteiger partial charge in [-0.3, -0.25) is 4.68 Å². The van der Waals surface area contributed by atoms with Crippen LogP contribution in [0, 0.1) is 0 Å². The minimum absolute atomic E-state index is 0.574.